The van der Waals surface area contributed by atoms with Crippen molar-refractivity contribution in [2.45, 2.75) is 43.3 Å². The first-order valence-electron chi connectivity index (χ1n) is 9.52. The van der Waals surface area contributed by atoms with Crippen LogP contribution < -0.4 is 4.90 Å². The van der Waals surface area contributed by atoms with E-state index in [0.717, 1.165) is 37.0 Å². The van der Waals surface area contributed by atoms with Gasteiger partial charge in [-0.25, -0.2) is 0 Å². The average Bonchev–Trinajstić information content (AvgIpc) is 3.42. The highest BCUT2D eigenvalue weighted by atomic mass is 32.2. The van der Waals surface area contributed by atoms with Crippen LogP contribution in [0.5, 0.6) is 0 Å². The molecule has 2 aliphatic heterocycles. The first kappa shape index (κ1) is 16.8. The number of carbonyl (C=O) groups is 2. The molecule has 3 heterocycles. The number of carbonyl (C=O) groups excluding carboxylic acids is 2. The number of fused-ring (bicyclic) bond motifs is 1. The van der Waals surface area contributed by atoms with E-state index in [0.29, 0.717) is 17.2 Å². The van der Waals surface area contributed by atoms with Crippen molar-refractivity contribution in [1.82, 2.24) is 19.7 Å². The minimum absolute atomic E-state index is 0.225. The molecule has 2 fully saturated rings. The maximum Gasteiger partial charge on any atom is 0.262 e. The van der Waals surface area contributed by atoms with Gasteiger partial charge in [0.1, 0.15) is 0 Å². The lowest BCUT2D eigenvalue weighted by molar-refractivity contribution is 0.0684. The fourth-order valence-electron chi connectivity index (χ4n) is 3.81. The number of aromatic nitrogens is 3. The predicted octanol–water partition coefficient (Wildman–Crippen LogP) is 2.95. The molecular weight excluding hydrogens is 362 g/mol. The molecule has 2 amide bonds. The molecular formula is C19H21N5O2S. The molecule has 5 rings (SSSR count). The van der Waals surface area contributed by atoms with E-state index in [2.05, 4.69) is 19.7 Å². The maximum atomic E-state index is 12.6. The fourth-order valence-corrected chi connectivity index (χ4v) is 4.76. The van der Waals surface area contributed by atoms with Crippen molar-refractivity contribution in [2.75, 3.05) is 23.9 Å². The minimum atomic E-state index is -0.225. The highest BCUT2D eigenvalue weighted by Gasteiger charge is 2.36. The fraction of sp³-hybridized carbons (Fsp3) is 0.474. The van der Waals surface area contributed by atoms with E-state index in [-0.39, 0.29) is 17.7 Å². The number of benzene rings is 1. The first-order valence-corrected chi connectivity index (χ1v) is 10.5. The second-order valence-corrected chi connectivity index (χ2v) is 8.20. The van der Waals surface area contributed by atoms with Gasteiger partial charge >= 0.3 is 0 Å². The summed E-state index contributed by atoms with van der Waals surface area (Å²) in [6.45, 7) is 2.04. The molecule has 3 aliphatic rings. The van der Waals surface area contributed by atoms with Crippen molar-refractivity contribution in [3.63, 3.8) is 0 Å². The lowest BCUT2D eigenvalue weighted by Gasteiger charge is -2.27. The summed E-state index contributed by atoms with van der Waals surface area (Å²) in [7, 11) is 0. The average molecular weight is 383 g/mol. The van der Waals surface area contributed by atoms with E-state index in [4.69, 9.17) is 0 Å². The van der Waals surface area contributed by atoms with Gasteiger partial charge in [-0.15, -0.1) is 10.2 Å². The molecule has 27 heavy (non-hydrogen) atoms. The van der Waals surface area contributed by atoms with Gasteiger partial charge in [0.05, 0.1) is 17.0 Å². The summed E-state index contributed by atoms with van der Waals surface area (Å²) < 4.78 is 2.22. The molecule has 7 nitrogen and oxygen atoms in total. The Morgan fingerprint density at radius 2 is 1.63 bits per heavy atom. The number of anilines is 1. The molecule has 1 saturated heterocycles. The zero-order chi connectivity index (χ0) is 18.4. The number of imide groups is 1. The summed E-state index contributed by atoms with van der Waals surface area (Å²) in [5, 5.41) is 9.65. The highest BCUT2D eigenvalue weighted by molar-refractivity contribution is 7.99. The molecule has 2 aromatic rings. The van der Waals surface area contributed by atoms with E-state index in [1.165, 1.54) is 35.9 Å². The number of hydrogen-bond acceptors (Lipinski definition) is 6. The molecule has 0 N–H and O–H groups in total. The van der Waals surface area contributed by atoms with Gasteiger partial charge in [-0.05, 0) is 44.2 Å². The normalized spacial score (nSPS) is 19.7. The number of piperidine rings is 1. The van der Waals surface area contributed by atoms with Crippen LogP contribution in [0, 0.1) is 0 Å². The Labute approximate surface area is 161 Å². The Kier molecular flexibility index (Phi) is 4.15. The Morgan fingerprint density at radius 1 is 0.963 bits per heavy atom. The van der Waals surface area contributed by atoms with E-state index >= 15 is 0 Å². The van der Waals surface area contributed by atoms with Crippen molar-refractivity contribution in [3.05, 3.63) is 35.4 Å². The summed E-state index contributed by atoms with van der Waals surface area (Å²) in [6, 6.07) is 7.44. The third-order valence-electron chi connectivity index (χ3n) is 5.40. The van der Waals surface area contributed by atoms with E-state index in [1.807, 2.05) is 0 Å². The molecule has 0 bridgehead atoms. The quantitative estimate of drug-likeness (QED) is 0.584. The zero-order valence-corrected chi connectivity index (χ0v) is 15.8. The summed E-state index contributed by atoms with van der Waals surface area (Å²) in [4.78, 5) is 28.7. The number of rotatable bonds is 5. The zero-order valence-electron chi connectivity index (χ0n) is 15.0. The maximum absolute atomic E-state index is 12.6. The van der Waals surface area contributed by atoms with Crippen molar-refractivity contribution in [2.24, 2.45) is 0 Å². The lowest BCUT2D eigenvalue weighted by Crippen LogP contribution is -2.32. The van der Waals surface area contributed by atoms with Gasteiger partial charge in [-0.2, -0.15) is 0 Å². The van der Waals surface area contributed by atoms with Crippen molar-refractivity contribution in [3.8, 4) is 0 Å². The molecule has 0 atom stereocenters. The van der Waals surface area contributed by atoms with Crippen LogP contribution in [0.2, 0.25) is 0 Å². The third kappa shape index (κ3) is 2.92. The Bertz CT molecular complexity index is 866. The summed E-state index contributed by atoms with van der Waals surface area (Å²) in [5.41, 5.74) is 0.974. The van der Waals surface area contributed by atoms with Crippen LogP contribution in [0.4, 0.5) is 5.95 Å². The molecule has 8 heteroatoms. The smallest absolute Gasteiger partial charge is 0.262 e. The Balaban J connectivity index is 1.35. The minimum Gasteiger partial charge on any atom is -0.341 e. The summed E-state index contributed by atoms with van der Waals surface area (Å²) in [5.74, 6) is 0.757. The Morgan fingerprint density at radius 3 is 2.26 bits per heavy atom. The lowest BCUT2D eigenvalue weighted by atomic mass is 10.1. The molecule has 0 spiro atoms. The van der Waals surface area contributed by atoms with Gasteiger partial charge in [-0.3, -0.25) is 19.1 Å². The van der Waals surface area contributed by atoms with Crippen molar-refractivity contribution >= 4 is 29.5 Å². The van der Waals surface area contributed by atoms with Crippen LogP contribution in [0.15, 0.2) is 29.4 Å². The van der Waals surface area contributed by atoms with Crippen LogP contribution >= 0.6 is 11.8 Å². The second kappa shape index (κ2) is 6.67. The van der Waals surface area contributed by atoms with Gasteiger partial charge in [0.25, 0.3) is 11.8 Å². The van der Waals surface area contributed by atoms with Crippen molar-refractivity contribution < 1.29 is 9.59 Å². The number of nitrogens with zero attached hydrogens (tertiary/aromatic N) is 5. The topological polar surface area (TPSA) is 71.3 Å². The highest BCUT2D eigenvalue weighted by Crippen LogP contribution is 2.41. The molecule has 140 valence electrons. The van der Waals surface area contributed by atoms with Gasteiger partial charge in [0.15, 0.2) is 5.16 Å². The van der Waals surface area contributed by atoms with Gasteiger partial charge in [0, 0.05) is 19.1 Å². The van der Waals surface area contributed by atoms with Crippen molar-refractivity contribution in [1.29, 1.82) is 0 Å². The van der Waals surface area contributed by atoms with Gasteiger partial charge in [-0.1, -0.05) is 23.9 Å². The van der Waals surface area contributed by atoms with E-state index in [1.54, 1.807) is 24.3 Å². The standard InChI is InChI=1S/C19H21N5O2S/c25-16-14-6-2-3-7-15(14)17(26)23(16)12-27-19-21-20-18(24(19)13-8-9-13)22-10-4-1-5-11-22/h2-3,6-7,13H,1,4-5,8-12H2. The molecule has 1 saturated carbocycles. The molecule has 0 unspecified atom stereocenters. The van der Waals surface area contributed by atoms with Crippen LogP contribution in [-0.4, -0.2) is 50.4 Å². The van der Waals surface area contributed by atoms with Gasteiger partial charge in [0.2, 0.25) is 5.95 Å². The number of hydrogen-bond donors (Lipinski definition) is 0. The molecule has 1 aromatic carbocycles. The largest absolute Gasteiger partial charge is 0.341 e. The third-order valence-corrected chi connectivity index (χ3v) is 6.32. The Hall–Kier alpha value is -2.35. The number of thioether (sulfide) groups is 1. The predicted molar refractivity (Wildman–Crippen MR) is 102 cm³/mol. The SMILES string of the molecule is O=C1c2ccccc2C(=O)N1CSc1nnc(N2CCCCC2)n1C1CC1. The second-order valence-electron chi connectivity index (χ2n) is 7.29. The van der Waals surface area contributed by atoms with Crippen LogP contribution in [0.3, 0.4) is 0 Å². The van der Waals surface area contributed by atoms with E-state index < -0.39 is 0 Å². The number of amides is 2. The van der Waals surface area contributed by atoms with E-state index in [9.17, 15) is 9.59 Å². The first-order chi connectivity index (χ1) is 13.2. The van der Waals surface area contributed by atoms with Crippen LogP contribution in [0.25, 0.3) is 0 Å². The monoisotopic (exact) mass is 383 g/mol. The molecule has 0 radical (unpaired) electrons. The van der Waals surface area contributed by atoms with Gasteiger partial charge < -0.3 is 4.90 Å². The summed E-state index contributed by atoms with van der Waals surface area (Å²) in [6.07, 6.45) is 5.93. The molecule has 1 aliphatic carbocycles. The summed E-state index contributed by atoms with van der Waals surface area (Å²) >= 11 is 1.42. The van der Waals surface area contributed by atoms with Crippen LogP contribution in [-0.2, 0) is 0 Å². The van der Waals surface area contributed by atoms with Crippen LogP contribution in [0.1, 0.15) is 58.9 Å². The molecule has 1 aromatic heterocycles.